The zero-order chi connectivity index (χ0) is 38.6. The highest BCUT2D eigenvalue weighted by Crippen LogP contribution is 2.33. The van der Waals surface area contributed by atoms with E-state index < -0.39 is 28.8 Å². The Kier molecular flexibility index (Phi) is 16.2. The molecule has 0 saturated carbocycles. The summed E-state index contributed by atoms with van der Waals surface area (Å²) in [6.45, 7) is 7.86. The quantitative estimate of drug-likeness (QED) is 0.303. The van der Waals surface area contributed by atoms with E-state index in [4.69, 9.17) is 23.7 Å². The van der Waals surface area contributed by atoms with E-state index in [2.05, 4.69) is 16.0 Å². The molecule has 2 aromatic rings. The minimum atomic E-state index is -0.988. The van der Waals surface area contributed by atoms with Gasteiger partial charge in [-0.1, -0.05) is 14.9 Å². The van der Waals surface area contributed by atoms with Crippen molar-refractivity contribution in [2.75, 3.05) is 54.6 Å². The lowest BCUT2D eigenvalue weighted by atomic mass is 9.87. The molecule has 4 heterocycles. The Balaban J connectivity index is 0.000000378. The summed E-state index contributed by atoms with van der Waals surface area (Å²) in [5.74, 6) is 1.99. The molecule has 4 aliphatic heterocycles. The molecule has 6 rings (SSSR count). The molecule has 4 fully saturated rings. The molecule has 0 bridgehead atoms. The van der Waals surface area contributed by atoms with Gasteiger partial charge in [-0.2, -0.15) is 0 Å². The molecular formula is C39H59ClN6O10. The van der Waals surface area contributed by atoms with E-state index in [0.29, 0.717) is 61.8 Å². The van der Waals surface area contributed by atoms with Crippen molar-refractivity contribution < 1.29 is 47.7 Å². The first-order chi connectivity index (χ1) is 25.1. The molecule has 0 atom stereocenters. The van der Waals surface area contributed by atoms with Crippen molar-refractivity contribution in [3.05, 3.63) is 47.5 Å². The van der Waals surface area contributed by atoms with Crippen LogP contribution in [0.5, 0.6) is 23.0 Å². The van der Waals surface area contributed by atoms with Crippen LogP contribution in [0.4, 0.5) is 14.4 Å². The summed E-state index contributed by atoms with van der Waals surface area (Å²) in [5, 5.41) is 8.94. The van der Waals surface area contributed by atoms with Crippen molar-refractivity contribution in [1.29, 1.82) is 0 Å². The second-order valence-corrected chi connectivity index (χ2v) is 14.5. The first-order valence-corrected chi connectivity index (χ1v) is 17.6. The zero-order valence-corrected chi connectivity index (χ0v) is 32.7. The van der Waals surface area contributed by atoms with Crippen LogP contribution in [0, 0.1) is 0 Å². The van der Waals surface area contributed by atoms with Gasteiger partial charge in [-0.25, -0.2) is 14.4 Å². The molecule has 0 aliphatic carbocycles. The molecule has 3 N–H and O–H groups in total. The largest absolute Gasteiger partial charge is 0.497 e. The maximum atomic E-state index is 13.2. The molecule has 2 spiro atoms. The van der Waals surface area contributed by atoms with Crippen LogP contribution in [-0.2, 0) is 27.4 Å². The number of amides is 7. The number of carbonyl (C=O) groups is 5. The Labute approximate surface area is 336 Å². The maximum Gasteiger partial charge on any atom is 0.410 e. The van der Waals surface area contributed by atoms with Crippen molar-refractivity contribution in [1.82, 2.24) is 30.7 Å². The Morgan fingerprint density at radius 1 is 0.643 bits per heavy atom. The number of halogens is 1. The third kappa shape index (κ3) is 10.5. The smallest absolute Gasteiger partial charge is 0.410 e. The number of rotatable bonds is 8. The second-order valence-electron chi connectivity index (χ2n) is 14.5. The standard InChI is InChI=1S/C21H29N3O6.C16H21N3O4.2CH4.ClH/c1-20(2,3)30-19(27)23-8-6-21(7-9-23)17(25)24(18(26)22-21)13-14-10-15(28-4)12-16(11-14)29-5;1-22-12-7-11(8-13(9-12)23-2)10-19-14(20)16(18-15(19)21)3-5-17-6-4-16;;;/h10-12H,6-9,13H2,1-5H3,(H,22,26);7-9,17H,3-6,10H2,1-2H3,(H,18,21);2*1H4;1H. The van der Waals surface area contributed by atoms with Crippen molar-refractivity contribution in [3.63, 3.8) is 0 Å². The average molecular weight is 807 g/mol. The van der Waals surface area contributed by atoms with E-state index in [1.807, 2.05) is 20.8 Å². The van der Waals surface area contributed by atoms with Crippen LogP contribution in [0.2, 0.25) is 0 Å². The third-order valence-corrected chi connectivity index (χ3v) is 9.72. The summed E-state index contributed by atoms with van der Waals surface area (Å²) in [6, 6.07) is 9.84. The van der Waals surface area contributed by atoms with Crippen LogP contribution in [0.3, 0.4) is 0 Å². The van der Waals surface area contributed by atoms with Crippen LogP contribution in [-0.4, -0.2) is 116 Å². The van der Waals surface area contributed by atoms with E-state index in [-0.39, 0.29) is 58.2 Å². The molecule has 7 amide bonds. The minimum absolute atomic E-state index is 0. The van der Waals surface area contributed by atoms with Gasteiger partial charge in [-0.05, 0) is 94.9 Å². The Morgan fingerprint density at radius 3 is 1.34 bits per heavy atom. The van der Waals surface area contributed by atoms with Gasteiger partial charge in [-0.15, -0.1) is 12.4 Å². The van der Waals surface area contributed by atoms with Crippen molar-refractivity contribution in [2.45, 2.75) is 91.1 Å². The van der Waals surface area contributed by atoms with Crippen LogP contribution in [0.15, 0.2) is 36.4 Å². The number of hydrogen-bond acceptors (Lipinski definition) is 11. The highest BCUT2D eigenvalue weighted by molar-refractivity contribution is 6.07. The Hall–Kier alpha value is -4.96. The molecular weight excluding hydrogens is 748 g/mol. The molecule has 16 nitrogen and oxygen atoms in total. The molecule has 0 radical (unpaired) electrons. The fraction of sp³-hybridized carbons (Fsp3) is 0.564. The zero-order valence-electron chi connectivity index (χ0n) is 31.9. The molecule has 4 saturated heterocycles. The van der Waals surface area contributed by atoms with Gasteiger partial charge in [0.2, 0.25) is 0 Å². The van der Waals surface area contributed by atoms with Crippen LogP contribution in [0.1, 0.15) is 72.4 Å². The number of nitrogens with one attached hydrogen (secondary N) is 3. The van der Waals surface area contributed by atoms with E-state index in [1.165, 1.54) is 9.80 Å². The van der Waals surface area contributed by atoms with Crippen LogP contribution >= 0.6 is 12.4 Å². The number of methoxy groups -OCH3 is 4. The summed E-state index contributed by atoms with van der Waals surface area (Å²) < 4.78 is 26.4. The molecule has 56 heavy (non-hydrogen) atoms. The predicted molar refractivity (Wildman–Crippen MR) is 213 cm³/mol. The number of piperidine rings is 2. The molecule has 0 unspecified atom stereocenters. The highest BCUT2D eigenvalue weighted by Gasteiger charge is 2.53. The van der Waals surface area contributed by atoms with Gasteiger partial charge in [0.25, 0.3) is 11.8 Å². The average Bonchev–Trinajstić information content (AvgIpc) is 3.49. The van der Waals surface area contributed by atoms with E-state index in [0.717, 1.165) is 24.2 Å². The monoisotopic (exact) mass is 806 g/mol. The lowest BCUT2D eigenvalue weighted by Crippen LogP contribution is -2.56. The van der Waals surface area contributed by atoms with E-state index in [1.54, 1.807) is 69.7 Å². The Morgan fingerprint density at radius 2 is 1.00 bits per heavy atom. The number of nitrogens with zero attached hydrogens (tertiary/aromatic N) is 3. The maximum absolute atomic E-state index is 13.2. The van der Waals surface area contributed by atoms with Crippen LogP contribution < -0.4 is 34.9 Å². The minimum Gasteiger partial charge on any atom is -0.497 e. The molecule has 2 aromatic carbocycles. The number of imide groups is 2. The van der Waals surface area contributed by atoms with Gasteiger partial charge in [0.15, 0.2) is 0 Å². The number of carbonyl (C=O) groups excluding carboxylic acids is 5. The van der Waals surface area contributed by atoms with Gasteiger partial charge in [0.1, 0.15) is 39.7 Å². The number of benzene rings is 2. The predicted octanol–water partition coefficient (Wildman–Crippen LogP) is 5.10. The van der Waals surface area contributed by atoms with Gasteiger partial charge in [-0.3, -0.25) is 19.4 Å². The summed E-state index contributed by atoms with van der Waals surface area (Å²) in [4.78, 5) is 67.1. The Bertz CT molecular complexity index is 1680. The second kappa shape index (κ2) is 19.3. The van der Waals surface area contributed by atoms with E-state index >= 15 is 0 Å². The van der Waals surface area contributed by atoms with Crippen molar-refractivity contribution in [3.8, 4) is 23.0 Å². The van der Waals surface area contributed by atoms with Gasteiger partial charge in [0.05, 0.1) is 41.5 Å². The molecule has 17 heteroatoms. The fourth-order valence-corrected chi connectivity index (χ4v) is 6.85. The summed E-state index contributed by atoms with van der Waals surface area (Å²) in [6.07, 6.45) is 1.52. The third-order valence-electron chi connectivity index (χ3n) is 9.72. The number of ether oxygens (including phenoxy) is 5. The number of likely N-dealkylation sites (tertiary alicyclic amines) is 1. The lowest BCUT2D eigenvalue weighted by Gasteiger charge is -2.37. The molecule has 4 aliphatic rings. The lowest BCUT2D eigenvalue weighted by molar-refractivity contribution is -0.133. The van der Waals surface area contributed by atoms with E-state index in [9.17, 15) is 24.0 Å². The summed E-state index contributed by atoms with van der Waals surface area (Å²) in [5.41, 5.74) is -0.809. The fourth-order valence-electron chi connectivity index (χ4n) is 6.85. The SMILES string of the molecule is C.C.COc1cc(CN2C(=O)NC3(CCN(C(=O)OC(C)(C)C)CC3)C2=O)cc(OC)c1.COc1cc(CN2C(=O)NC3(CCNCC3)C2=O)cc(OC)c1.Cl. The van der Waals surface area contributed by atoms with Gasteiger partial charge >= 0.3 is 18.2 Å². The van der Waals surface area contributed by atoms with Gasteiger partial charge < -0.3 is 44.5 Å². The molecule has 0 aromatic heterocycles. The van der Waals surface area contributed by atoms with Crippen molar-refractivity contribution >= 4 is 42.4 Å². The molecule has 312 valence electrons. The number of hydrogen-bond donors (Lipinski definition) is 3. The summed E-state index contributed by atoms with van der Waals surface area (Å²) >= 11 is 0. The first-order valence-electron chi connectivity index (χ1n) is 17.6. The summed E-state index contributed by atoms with van der Waals surface area (Å²) in [7, 11) is 6.21. The topological polar surface area (TPSA) is 177 Å². The van der Waals surface area contributed by atoms with Gasteiger partial charge in [0, 0.05) is 25.2 Å². The first kappa shape index (κ1) is 47.2. The van der Waals surface area contributed by atoms with Crippen molar-refractivity contribution in [2.24, 2.45) is 0 Å². The highest BCUT2D eigenvalue weighted by atomic mass is 35.5. The van der Waals surface area contributed by atoms with Crippen LogP contribution in [0.25, 0.3) is 0 Å². The normalized spacial score (nSPS) is 18.0. The number of urea groups is 2.